The summed E-state index contributed by atoms with van der Waals surface area (Å²) in [4.78, 5) is 23.5. The zero-order valence-corrected chi connectivity index (χ0v) is 9.36. The maximum absolute atomic E-state index is 11.2. The molecule has 0 radical (unpaired) electrons. The third kappa shape index (κ3) is 3.47. The molecule has 0 spiro atoms. The quantitative estimate of drug-likeness (QED) is 0.699. The van der Waals surface area contributed by atoms with Gasteiger partial charge in [0.05, 0.1) is 12.6 Å². The number of hydrogen-bond acceptors (Lipinski definition) is 3. The molecule has 1 N–H and O–H groups in total. The van der Waals surface area contributed by atoms with Crippen LogP contribution in [0, 0.1) is 5.41 Å². The van der Waals surface area contributed by atoms with Crippen LogP contribution < -0.4 is 0 Å². The Morgan fingerprint density at radius 1 is 1.27 bits per heavy atom. The molecule has 1 unspecified atom stereocenters. The second-order valence-corrected chi connectivity index (χ2v) is 5.04. The molecule has 0 aromatic heterocycles. The van der Waals surface area contributed by atoms with Crippen LogP contribution in [-0.2, 0) is 9.59 Å². The highest BCUT2D eigenvalue weighted by Gasteiger charge is 2.27. The van der Waals surface area contributed by atoms with Crippen molar-refractivity contribution in [2.75, 3.05) is 6.54 Å². The minimum Gasteiger partial charge on any atom is -0.391 e. The zero-order valence-electron chi connectivity index (χ0n) is 9.36. The third-order valence-electron chi connectivity index (χ3n) is 2.14. The predicted molar refractivity (Wildman–Crippen MR) is 55.9 cm³/mol. The molecule has 1 heterocycles. The van der Waals surface area contributed by atoms with Crippen LogP contribution in [0.4, 0.5) is 0 Å². The molecule has 1 rings (SSSR count). The number of aliphatic hydroxyl groups is 1. The van der Waals surface area contributed by atoms with E-state index in [1.165, 1.54) is 12.2 Å². The van der Waals surface area contributed by atoms with Gasteiger partial charge < -0.3 is 5.11 Å². The number of hydrogen-bond donors (Lipinski definition) is 1. The van der Waals surface area contributed by atoms with Gasteiger partial charge in [-0.1, -0.05) is 20.8 Å². The molecule has 1 atom stereocenters. The number of aliphatic hydroxyl groups excluding tert-OH is 1. The average Bonchev–Trinajstić information content (AvgIpc) is 2.32. The number of amides is 2. The van der Waals surface area contributed by atoms with Gasteiger partial charge >= 0.3 is 0 Å². The SMILES string of the molecule is CC(C)(C)CC(O)CN1C(=O)C=CC1=O. The summed E-state index contributed by atoms with van der Waals surface area (Å²) < 4.78 is 0. The molecule has 84 valence electrons. The number of carbonyl (C=O) groups is 2. The lowest BCUT2D eigenvalue weighted by atomic mass is 9.89. The van der Waals surface area contributed by atoms with Crippen LogP contribution >= 0.6 is 0 Å². The Kier molecular flexibility index (Phi) is 3.29. The minimum absolute atomic E-state index is 0.0152. The maximum atomic E-state index is 11.2. The van der Waals surface area contributed by atoms with Crippen LogP contribution in [0.15, 0.2) is 12.2 Å². The first kappa shape index (κ1) is 11.9. The van der Waals surface area contributed by atoms with Crippen LogP contribution in [0.5, 0.6) is 0 Å². The van der Waals surface area contributed by atoms with E-state index in [1.807, 2.05) is 20.8 Å². The fourth-order valence-electron chi connectivity index (χ4n) is 1.59. The van der Waals surface area contributed by atoms with Gasteiger partial charge in [-0.3, -0.25) is 14.5 Å². The van der Waals surface area contributed by atoms with Gasteiger partial charge in [0.25, 0.3) is 11.8 Å². The molecule has 0 fully saturated rings. The lowest BCUT2D eigenvalue weighted by Gasteiger charge is -2.25. The summed E-state index contributed by atoms with van der Waals surface area (Å²) in [6.07, 6.45) is 2.36. The van der Waals surface area contributed by atoms with E-state index in [0.717, 1.165) is 4.90 Å². The second-order valence-electron chi connectivity index (χ2n) is 5.04. The Morgan fingerprint density at radius 2 is 1.73 bits per heavy atom. The summed E-state index contributed by atoms with van der Waals surface area (Å²) in [6.45, 7) is 6.09. The van der Waals surface area contributed by atoms with Crippen LogP contribution in [-0.4, -0.2) is 34.5 Å². The summed E-state index contributed by atoms with van der Waals surface area (Å²) in [5.74, 6) is -0.680. The third-order valence-corrected chi connectivity index (χ3v) is 2.14. The topological polar surface area (TPSA) is 57.6 Å². The van der Waals surface area contributed by atoms with Gasteiger partial charge in [-0.05, 0) is 11.8 Å². The van der Waals surface area contributed by atoms with Gasteiger partial charge in [0.15, 0.2) is 0 Å². The highest BCUT2D eigenvalue weighted by molar-refractivity contribution is 6.12. The molecule has 4 nitrogen and oxygen atoms in total. The van der Waals surface area contributed by atoms with Gasteiger partial charge in [-0.15, -0.1) is 0 Å². The van der Waals surface area contributed by atoms with Crippen molar-refractivity contribution in [2.24, 2.45) is 5.41 Å². The minimum atomic E-state index is -0.655. The molecule has 1 aliphatic heterocycles. The Hall–Kier alpha value is -1.16. The van der Waals surface area contributed by atoms with Crippen LogP contribution in [0.3, 0.4) is 0 Å². The number of rotatable bonds is 3. The van der Waals surface area contributed by atoms with Crippen LogP contribution in [0.1, 0.15) is 27.2 Å². The van der Waals surface area contributed by atoms with Crippen molar-refractivity contribution < 1.29 is 14.7 Å². The van der Waals surface area contributed by atoms with Crippen molar-refractivity contribution in [3.8, 4) is 0 Å². The fourth-order valence-corrected chi connectivity index (χ4v) is 1.59. The van der Waals surface area contributed by atoms with E-state index >= 15 is 0 Å². The molecule has 0 saturated carbocycles. The molecule has 1 aliphatic rings. The normalized spacial score (nSPS) is 18.8. The second kappa shape index (κ2) is 4.14. The first-order valence-electron chi connectivity index (χ1n) is 5.01. The molecular weight excluding hydrogens is 194 g/mol. The maximum Gasteiger partial charge on any atom is 0.253 e. The smallest absolute Gasteiger partial charge is 0.253 e. The Morgan fingerprint density at radius 3 is 2.13 bits per heavy atom. The standard InChI is InChI=1S/C11H17NO3/c1-11(2,3)6-8(13)7-12-9(14)4-5-10(12)15/h4-5,8,13H,6-7H2,1-3H3. The highest BCUT2D eigenvalue weighted by atomic mass is 16.3. The number of β-amino-alcohol motifs (C(OH)–C–C–N with tert-alkyl or cyclic N) is 1. The van der Waals surface area contributed by atoms with Crippen molar-refractivity contribution in [3.05, 3.63) is 12.2 Å². The van der Waals surface area contributed by atoms with E-state index in [9.17, 15) is 14.7 Å². The van der Waals surface area contributed by atoms with E-state index in [1.54, 1.807) is 0 Å². The number of carbonyl (C=O) groups excluding carboxylic acids is 2. The van der Waals surface area contributed by atoms with E-state index in [0.29, 0.717) is 6.42 Å². The molecule has 0 saturated heterocycles. The van der Waals surface area contributed by atoms with Crippen molar-refractivity contribution in [1.29, 1.82) is 0 Å². The lowest BCUT2D eigenvalue weighted by molar-refractivity contribution is -0.138. The predicted octanol–water partition coefficient (Wildman–Crippen LogP) is 0.708. The first-order chi connectivity index (χ1) is 6.79. The van der Waals surface area contributed by atoms with Crippen molar-refractivity contribution >= 4 is 11.8 Å². The van der Waals surface area contributed by atoms with Crippen LogP contribution in [0.25, 0.3) is 0 Å². The number of nitrogens with zero attached hydrogens (tertiary/aromatic N) is 1. The van der Waals surface area contributed by atoms with E-state index in [2.05, 4.69) is 0 Å². The van der Waals surface area contributed by atoms with Crippen LogP contribution in [0.2, 0.25) is 0 Å². The van der Waals surface area contributed by atoms with E-state index in [4.69, 9.17) is 0 Å². The summed E-state index contributed by atoms with van der Waals surface area (Å²) >= 11 is 0. The molecule has 0 aliphatic carbocycles. The fraction of sp³-hybridized carbons (Fsp3) is 0.636. The van der Waals surface area contributed by atoms with Gasteiger partial charge in [0, 0.05) is 12.2 Å². The molecule has 15 heavy (non-hydrogen) atoms. The Bertz CT molecular complexity index is 283. The molecule has 4 heteroatoms. The van der Waals surface area contributed by atoms with Crippen molar-refractivity contribution in [1.82, 2.24) is 4.90 Å². The Labute approximate surface area is 89.6 Å². The first-order valence-corrected chi connectivity index (χ1v) is 5.01. The van der Waals surface area contributed by atoms with Gasteiger partial charge in [-0.2, -0.15) is 0 Å². The summed E-state index contributed by atoms with van der Waals surface area (Å²) in [7, 11) is 0. The van der Waals surface area contributed by atoms with Gasteiger partial charge in [-0.25, -0.2) is 0 Å². The highest BCUT2D eigenvalue weighted by Crippen LogP contribution is 2.21. The largest absolute Gasteiger partial charge is 0.391 e. The van der Waals surface area contributed by atoms with Crippen molar-refractivity contribution in [3.63, 3.8) is 0 Å². The summed E-state index contributed by atoms with van der Waals surface area (Å²) in [5, 5.41) is 9.71. The van der Waals surface area contributed by atoms with Crippen molar-refractivity contribution in [2.45, 2.75) is 33.3 Å². The van der Waals surface area contributed by atoms with Gasteiger partial charge in [0.2, 0.25) is 0 Å². The van der Waals surface area contributed by atoms with Gasteiger partial charge in [0.1, 0.15) is 0 Å². The monoisotopic (exact) mass is 211 g/mol. The molecule has 2 amide bonds. The summed E-state index contributed by atoms with van der Waals surface area (Å²) in [6, 6.07) is 0. The molecule has 0 aromatic carbocycles. The van der Waals surface area contributed by atoms with E-state index < -0.39 is 6.10 Å². The number of imide groups is 1. The molecular formula is C11H17NO3. The summed E-state index contributed by atoms with van der Waals surface area (Å²) in [5.41, 5.74) is -0.0152. The Balaban J connectivity index is 2.49. The average molecular weight is 211 g/mol. The molecule has 0 bridgehead atoms. The molecule has 0 aromatic rings. The van der Waals surface area contributed by atoms with E-state index in [-0.39, 0.29) is 23.8 Å². The lowest BCUT2D eigenvalue weighted by Crippen LogP contribution is -2.38. The zero-order chi connectivity index (χ0) is 11.6.